The van der Waals surface area contributed by atoms with Gasteiger partial charge in [0.1, 0.15) is 5.82 Å². The van der Waals surface area contributed by atoms with Crippen LogP contribution in [0.15, 0.2) is 18.2 Å². The summed E-state index contributed by atoms with van der Waals surface area (Å²) >= 11 is 0. The molecule has 1 aromatic rings. The zero-order valence-corrected chi connectivity index (χ0v) is 10.7. The number of aromatic nitrogens is 1. The van der Waals surface area contributed by atoms with Crippen LogP contribution in [-0.2, 0) is 10.2 Å². The third kappa shape index (κ3) is 4.29. The van der Waals surface area contributed by atoms with E-state index in [1.807, 2.05) is 0 Å². The molecule has 0 bridgehead atoms. The van der Waals surface area contributed by atoms with Crippen LogP contribution in [0.4, 0.5) is 5.82 Å². The third-order valence-electron chi connectivity index (χ3n) is 2.16. The normalized spacial score (nSPS) is 11.8. The summed E-state index contributed by atoms with van der Waals surface area (Å²) in [5.74, 6) is 0.292. The van der Waals surface area contributed by atoms with Crippen molar-refractivity contribution in [3.05, 3.63) is 23.9 Å². The number of hydrogen-bond acceptors (Lipinski definition) is 4. The van der Waals surface area contributed by atoms with Gasteiger partial charge in [-0.2, -0.15) is 12.7 Å². The lowest BCUT2D eigenvalue weighted by Gasteiger charge is -2.17. The first-order valence-corrected chi connectivity index (χ1v) is 6.68. The molecule has 0 spiro atoms. The Morgan fingerprint density at radius 2 is 2.18 bits per heavy atom. The first kappa shape index (κ1) is 13.9. The van der Waals surface area contributed by atoms with Gasteiger partial charge in [0.05, 0.1) is 0 Å². The predicted octanol–water partition coefficient (Wildman–Crippen LogP) is 0.361. The molecule has 96 valence electrons. The number of rotatable bonds is 6. The molecule has 1 heterocycles. The van der Waals surface area contributed by atoms with E-state index < -0.39 is 10.2 Å². The number of pyridine rings is 1. The molecule has 1 aromatic heterocycles. The fourth-order valence-corrected chi connectivity index (χ4v) is 2.13. The highest BCUT2D eigenvalue weighted by Crippen LogP contribution is 2.08. The van der Waals surface area contributed by atoms with Crippen molar-refractivity contribution in [1.29, 1.82) is 0 Å². The van der Waals surface area contributed by atoms with Gasteiger partial charge in [-0.3, -0.25) is 4.72 Å². The van der Waals surface area contributed by atoms with Crippen LogP contribution in [0, 0.1) is 6.92 Å². The van der Waals surface area contributed by atoms with Gasteiger partial charge in [0.25, 0.3) is 0 Å². The smallest absolute Gasteiger partial charge is 0.302 e. The number of aliphatic hydroxyl groups is 1. The minimum absolute atomic E-state index is 0.0391. The Bertz CT molecular complexity index is 462. The zero-order valence-electron chi connectivity index (χ0n) is 9.92. The molecule has 0 aliphatic heterocycles. The number of aliphatic hydroxyl groups excluding tert-OH is 1. The molecule has 0 amide bonds. The van der Waals surface area contributed by atoms with Crippen LogP contribution in [0.3, 0.4) is 0 Å². The second kappa shape index (κ2) is 5.95. The molecule has 17 heavy (non-hydrogen) atoms. The molecular formula is C10H17N3O3S. The van der Waals surface area contributed by atoms with Crippen LogP contribution in [0.25, 0.3) is 0 Å². The van der Waals surface area contributed by atoms with Crippen LogP contribution in [0.2, 0.25) is 0 Å². The summed E-state index contributed by atoms with van der Waals surface area (Å²) in [7, 11) is -2.14. The van der Waals surface area contributed by atoms with E-state index in [1.165, 1.54) is 7.05 Å². The van der Waals surface area contributed by atoms with Gasteiger partial charge in [0.15, 0.2) is 0 Å². The summed E-state index contributed by atoms with van der Waals surface area (Å²) < 4.78 is 27.1. The van der Waals surface area contributed by atoms with E-state index in [9.17, 15) is 8.42 Å². The molecule has 7 heteroatoms. The number of nitrogens with zero attached hydrogens (tertiary/aromatic N) is 2. The van der Waals surface area contributed by atoms with Crippen molar-refractivity contribution >= 4 is 16.0 Å². The van der Waals surface area contributed by atoms with Crippen LogP contribution in [0.5, 0.6) is 0 Å². The van der Waals surface area contributed by atoms with Crippen molar-refractivity contribution in [2.24, 2.45) is 0 Å². The topological polar surface area (TPSA) is 82.5 Å². The Labute approximate surface area is 101 Å². The average molecular weight is 259 g/mol. The number of anilines is 1. The summed E-state index contributed by atoms with van der Waals surface area (Å²) in [6.07, 6.45) is 0.401. The quantitative estimate of drug-likeness (QED) is 0.773. The highest BCUT2D eigenvalue weighted by Gasteiger charge is 2.17. The Kier molecular flexibility index (Phi) is 4.86. The second-order valence-electron chi connectivity index (χ2n) is 3.67. The lowest BCUT2D eigenvalue weighted by molar-refractivity contribution is 0.276. The first-order valence-electron chi connectivity index (χ1n) is 5.24. The molecule has 0 atom stereocenters. The fourth-order valence-electron chi connectivity index (χ4n) is 1.22. The van der Waals surface area contributed by atoms with Gasteiger partial charge in [-0.1, -0.05) is 6.07 Å². The van der Waals surface area contributed by atoms with E-state index in [0.29, 0.717) is 12.2 Å². The van der Waals surface area contributed by atoms with Gasteiger partial charge in [-0.15, -0.1) is 0 Å². The Hall–Kier alpha value is -1.18. The second-order valence-corrected chi connectivity index (χ2v) is 5.45. The van der Waals surface area contributed by atoms with Gasteiger partial charge in [-0.05, 0) is 25.5 Å². The summed E-state index contributed by atoms with van der Waals surface area (Å²) in [5.41, 5.74) is 0.739. The van der Waals surface area contributed by atoms with Gasteiger partial charge >= 0.3 is 10.2 Å². The molecule has 0 unspecified atom stereocenters. The van der Waals surface area contributed by atoms with E-state index in [4.69, 9.17) is 5.11 Å². The molecule has 0 aliphatic rings. The SMILES string of the molecule is Cc1cccc(NS(=O)(=O)N(C)CCCO)n1. The maximum absolute atomic E-state index is 11.8. The third-order valence-corrected chi connectivity index (χ3v) is 3.63. The first-order chi connectivity index (χ1) is 7.95. The molecule has 2 N–H and O–H groups in total. The van der Waals surface area contributed by atoms with Crippen molar-refractivity contribution in [3.8, 4) is 0 Å². The molecule has 0 aliphatic carbocycles. The zero-order chi connectivity index (χ0) is 12.9. The summed E-state index contributed by atoms with van der Waals surface area (Å²) in [6, 6.07) is 5.10. The van der Waals surface area contributed by atoms with Crippen molar-refractivity contribution in [2.75, 3.05) is 24.9 Å². The van der Waals surface area contributed by atoms with Crippen molar-refractivity contribution in [3.63, 3.8) is 0 Å². The maximum atomic E-state index is 11.8. The maximum Gasteiger partial charge on any atom is 0.302 e. The van der Waals surface area contributed by atoms with Gasteiger partial charge in [0.2, 0.25) is 0 Å². The van der Waals surface area contributed by atoms with Crippen LogP contribution >= 0.6 is 0 Å². The largest absolute Gasteiger partial charge is 0.396 e. The Morgan fingerprint density at radius 1 is 1.47 bits per heavy atom. The molecule has 0 aromatic carbocycles. The van der Waals surface area contributed by atoms with Crippen LogP contribution in [-0.4, -0.2) is 43.0 Å². The van der Waals surface area contributed by atoms with E-state index in [1.54, 1.807) is 25.1 Å². The van der Waals surface area contributed by atoms with Gasteiger partial charge < -0.3 is 5.11 Å². The number of aryl methyl sites for hydroxylation is 1. The highest BCUT2D eigenvalue weighted by atomic mass is 32.2. The number of hydrogen-bond donors (Lipinski definition) is 2. The van der Waals surface area contributed by atoms with E-state index in [-0.39, 0.29) is 13.2 Å². The Morgan fingerprint density at radius 3 is 2.76 bits per heavy atom. The van der Waals surface area contributed by atoms with Gasteiger partial charge in [0, 0.05) is 25.9 Å². The highest BCUT2D eigenvalue weighted by molar-refractivity contribution is 7.90. The molecule has 0 saturated carbocycles. The van der Waals surface area contributed by atoms with E-state index in [0.717, 1.165) is 10.00 Å². The standard InChI is InChI=1S/C10H17N3O3S/c1-9-5-3-6-10(11-9)12-17(15,16)13(2)7-4-8-14/h3,5-6,14H,4,7-8H2,1-2H3,(H,11,12). The molecule has 0 fully saturated rings. The molecule has 6 nitrogen and oxygen atoms in total. The fraction of sp³-hybridized carbons (Fsp3) is 0.500. The predicted molar refractivity (Wildman–Crippen MR) is 65.8 cm³/mol. The van der Waals surface area contributed by atoms with Crippen LogP contribution < -0.4 is 4.72 Å². The molecular weight excluding hydrogens is 242 g/mol. The van der Waals surface area contributed by atoms with E-state index in [2.05, 4.69) is 9.71 Å². The lowest BCUT2D eigenvalue weighted by Crippen LogP contribution is -2.33. The lowest BCUT2D eigenvalue weighted by atomic mass is 10.4. The van der Waals surface area contributed by atoms with Gasteiger partial charge in [-0.25, -0.2) is 4.98 Å². The summed E-state index contributed by atoms with van der Waals surface area (Å²) in [5, 5.41) is 8.65. The molecule has 0 saturated heterocycles. The molecule has 1 rings (SSSR count). The van der Waals surface area contributed by atoms with E-state index >= 15 is 0 Å². The minimum atomic E-state index is -3.59. The van der Waals surface area contributed by atoms with Crippen LogP contribution in [0.1, 0.15) is 12.1 Å². The minimum Gasteiger partial charge on any atom is -0.396 e. The van der Waals surface area contributed by atoms with Crippen molar-refractivity contribution in [1.82, 2.24) is 9.29 Å². The van der Waals surface area contributed by atoms with Crippen molar-refractivity contribution in [2.45, 2.75) is 13.3 Å². The average Bonchev–Trinajstić information content (AvgIpc) is 2.25. The van der Waals surface area contributed by atoms with Crippen molar-refractivity contribution < 1.29 is 13.5 Å². The number of nitrogens with one attached hydrogen (secondary N) is 1. The molecule has 0 radical (unpaired) electrons. The monoisotopic (exact) mass is 259 g/mol. The summed E-state index contributed by atoms with van der Waals surface area (Å²) in [4.78, 5) is 4.05. The Balaban J connectivity index is 2.72. The summed E-state index contributed by atoms with van der Waals surface area (Å²) in [6.45, 7) is 2.01.